The van der Waals surface area contributed by atoms with Gasteiger partial charge in [-0.05, 0) is 13.3 Å². The Labute approximate surface area is 101 Å². The van der Waals surface area contributed by atoms with Gasteiger partial charge in [-0.25, -0.2) is 13.8 Å². The zero-order chi connectivity index (χ0) is 12.7. The molecule has 1 aromatic heterocycles. The zero-order valence-corrected chi connectivity index (χ0v) is 10.3. The average Bonchev–Trinajstić information content (AvgIpc) is 2.30. The van der Waals surface area contributed by atoms with Crippen LogP contribution in [0, 0.1) is 11.6 Å². The van der Waals surface area contributed by atoms with E-state index >= 15 is 0 Å². The number of pyridine rings is 1. The van der Waals surface area contributed by atoms with Crippen LogP contribution >= 0.6 is 0 Å². The molecule has 3 nitrogen and oxygen atoms in total. The van der Waals surface area contributed by atoms with Crippen LogP contribution in [0.25, 0.3) is 0 Å². The summed E-state index contributed by atoms with van der Waals surface area (Å²) in [5.41, 5.74) is 0. The molecule has 0 saturated heterocycles. The molecule has 0 aromatic carbocycles. The number of nitrogens with zero attached hydrogens (tertiary/aromatic N) is 1. The topological polar surface area (TPSA) is 37.0 Å². The Morgan fingerprint density at radius 2 is 1.71 bits per heavy atom. The Morgan fingerprint density at radius 1 is 1.06 bits per heavy atom. The van der Waals surface area contributed by atoms with E-state index in [1.807, 2.05) is 6.92 Å². The predicted molar refractivity (Wildman–Crippen MR) is 66.3 cm³/mol. The first-order valence-electron chi connectivity index (χ1n) is 6.02. The number of halogens is 2. The van der Waals surface area contributed by atoms with Crippen LogP contribution in [-0.2, 0) is 0 Å². The fourth-order valence-electron chi connectivity index (χ4n) is 1.46. The summed E-state index contributed by atoms with van der Waals surface area (Å²) in [6.45, 7) is 5.12. The van der Waals surface area contributed by atoms with Crippen molar-refractivity contribution in [2.45, 2.75) is 33.1 Å². The standard InChI is InChI=1S/C12H19F2N3/c1-3-5-6-7-16-12-10(14)8-9(13)11(17-12)15-4-2/h8H,3-7H2,1-2H3,(H2,15,16,17). The Morgan fingerprint density at radius 3 is 2.29 bits per heavy atom. The maximum atomic E-state index is 13.4. The summed E-state index contributed by atoms with van der Waals surface area (Å²) in [6, 6.07) is 0.854. The van der Waals surface area contributed by atoms with Crippen LogP contribution in [0.4, 0.5) is 20.4 Å². The fourth-order valence-corrected chi connectivity index (χ4v) is 1.46. The molecule has 17 heavy (non-hydrogen) atoms. The number of unbranched alkanes of at least 4 members (excludes halogenated alkanes) is 2. The van der Waals surface area contributed by atoms with Crippen LogP contribution in [0.15, 0.2) is 6.07 Å². The lowest BCUT2D eigenvalue weighted by Gasteiger charge is -2.10. The quantitative estimate of drug-likeness (QED) is 0.721. The van der Waals surface area contributed by atoms with Crippen molar-refractivity contribution in [1.29, 1.82) is 0 Å². The van der Waals surface area contributed by atoms with Gasteiger partial charge < -0.3 is 10.6 Å². The van der Waals surface area contributed by atoms with Gasteiger partial charge in [0.25, 0.3) is 0 Å². The van der Waals surface area contributed by atoms with Gasteiger partial charge in [0.05, 0.1) is 0 Å². The molecular formula is C12H19F2N3. The summed E-state index contributed by atoms with van der Waals surface area (Å²) < 4.78 is 26.7. The van der Waals surface area contributed by atoms with E-state index in [9.17, 15) is 8.78 Å². The normalized spacial score (nSPS) is 10.4. The van der Waals surface area contributed by atoms with Crippen LogP contribution in [0.2, 0.25) is 0 Å². The maximum Gasteiger partial charge on any atom is 0.168 e. The second-order valence-corrected chi connectivity index (χ2v) is 3.81. The van der Waals surface area contributed by atoms with Gasteiger partial charge in [0.15, 0.2) is 23.3 Å². The van der Waals surface area contributed by atoms with Crippen molar-refractivity contribution in [3.8, 4) is 0 Å². The number of hydrogen-bond acceptors (Lipinski definition) is 3. The third-order valence-corrected chi connectivity index (χ3v) is 2.35. The first kappa shape index (κ1) is 13.7. The summed E-state index contributed by atoms with van der Waals surface area (Å²) in [5, 5.41) is 5.63. The minimum atomic E-state index is -0.663. The first-order chi connectivity index (χ1) is 8.19. The van der Waals surface area contributed by atoms with Gasteiger partial charge in [0.2, 0.25) is 0 Å². The Hall–Kier alpha value is -1.39. The van der Waals surface area contributed by atoms with Crippen LogP contribution in [0.1, 0.15) is 33.1 Å². The molecular weight excluding hydrogens is 224 g/mol. The zero-order valence-electron chi connectivity index (χ0n) is 10.3. The molecule has 1 rings (SSSR count). The van der Waals surface area contributed by atoms with E-state index in [2.05, 4.69) is 22.5 Å². The molecule has 0 unspecified atom stereocenters. The van der Waals surface area contributed by atoms with Gasteiger partial charge in [-0.15, -0.1) is 0 Å². The second kappa shape index (κ2) is 7.04. The molecule has 0 aliphatic carbocycles. The Kier molecular flexibility index (Phi) is 5.66. The minimum Gasteiger partial charge on any atom is -0.368 e. The van der Waals surface area contributed by atoms with E-state index in [1.54, 1.807) is 0 Å². The molecule has 1 aromatic rings. The predicted octanol–water partition coefficient (Wildman–Crippen LogP) is 3.39. The number of nitrogens with one attached hydrogen (secondary N) is 2. The van der Waals surface area contributed by atoms with E-state index in [0.717, 1.165) is 25.3 Å². The van der Waals surface area contributed by atoms with Gasteiger partial charge in [0, 0.05) is 19.2 Å². The molecule has 0 fully saturated rings. The van der Waals surface area contributed by atoms with E-state index < -0.39 is 11.6 Å². The molecule has 0 saturated carbocycles. The highest BCUT2D eigenvalue weighted by atomic mass is 19.1. The summed E-state index contributed by atoms with van der Waals surface area (Å²) >= 11 is 0. The largest absolute Gasteiger partial charge is 0.368 e. The van der Waals surface area contributed by atoms with Crippen molar-refractivity contribution >= 4 is 11.6 Å². The second-order valence-electron chi connectivity index (χ2n) is 3.81. The lowest BCUT2D eigenvalue weighted by Crippen LogP contribution is -2.09. The van der Waals surface area contributed by atoms with Crippen molar-refractivity contribution < 1.29 is 8.78 Å². The number of anilines is 2. The van der Waals surface area contributed by atoms with E-state index in [1.165, 1.54) is 0 Å². The van der Waals surface area contributed by atoms with Crippen molar-refractivity contribution in [3.05, 3.63) is 17.7 Å². The van der Waals surface area contributed by atoms with Crippen molar-refractivity contribution in [2.75, 3.05) is 23.7 Å². The van der Waals surface area contributed by atoms with Gasteiger partial charge in [0.1, 0.15) is 0 Å². The Balaban J connectivity index is 2.66. The molecule has 2 N–H and O–H groups in total. The summed E-state index contributed by atoms with van der Waals surface area (Å²) in [4.78, 5) is 3.89. The minimum absolute atomic E-state index is 0.0897. The van der Waals surface area contributed by atoms with Crippen LogP contribution in [0.5, 0.6) is 0 Å². The highest BCUT2D eigenvalue weighted by Gasteiger charge is 2.10. The van der Waals surface area contributed by atoms with Gasteiger partial charge in [-0.1, -0.05) is 19.8 Å². The van der Waals surface area contributed by atoms with Crippen LogP contribution < -0.4 is 10.6 Å². The molecule has 0 spiro atoms. The van der Waals surface area contributed by atoms with E-state index in [-0.39, 0.29) is 11.6 Å². The first-order valence-corrected chi connectivity index (χ1v) is 6.02. The lowest BCUT2D eigenvalue weighted by molar-refractivity contribution is 0.577. The Bertz CT molecular complexity index is 356. The monoisotopic (exact) mass is 243 g/mol. The van der Waals surface area contributed by atoms with E-state index in [0.29, 0.717) is 13.1 Å². The van der Waals surface area contributed by atoms with Crippen molar-refractivity contribution in [2.24, 2.45) is 0 Å². The molecule has 1 heterocycles. The van der Waals surface area contributed by atoms with Crippen LogP contribution in [-0.4, -0.2) is 18.1 Å². The summed E-state index contributed by atoms with van der Waals surface area (Å²) in [7, 11) is 0. The molecule has 5 heteroatoms. The number of aromatic nitrogens is 1. The molecule has 96 valence electrons. The molecule has 0 amide bonds. The third kappa shape index (κ3) is 4.17. The SMILES string of the molecule is CCCCCNc1nc(NCC)c(F)cc1F. The van der Waals surface area contributed by atoms with Gasteiger partial charge in [-0.3, -0.25) is 0 Å². The fraction of sp³-hybridized carbons (Fsp3) is 0.583. The van der Waals surface area contributed by atoms with Crippen molar-refractivity contribution in [1.82, 2.24) is 4.98 Å². The summed E-state index contributed by atoms with van der Waals surface area (Å²) in [6.07, 6.45) is 3.13. The van der Waals surface area contributed by atoms with Crippen molar-refractivity contribution in [3.63, 3.8) is 0 Å². The summed E-state index contributed by atoms with van der Waals surface area (Å²) in [5.74, 6) is -1.12. The molecule has 0 radical (unpaired) electrons. The van der Waals surface area contributed by atoms with E-state index in [4.69, 9.17) is 0 Å². The lowest BCUT2D eigenvalue weighted by atomic mass is 10.2. The molecule has 0 aliphatic heterocycles. The highest BCUT2D eigenvalue weighted by Crippen LogP contribution is 2.18. The maximum absolute atomic E-state index is 13.4. The average molecular weight is 243 g/mol. The smallest absolute Gasteiger partial charge is 0.168 e. The van der Waals surface area contributed by atoms with Gasteiger partial charge >= 0.3 is 0 Å². The molecule has 0 atom stereocenters. The van der Waals surface area contributed by atoms with Crippen LogP contribution in [0.3, 0.4) is 0 Å². The third-order valence-electron chi connectivity index (χ3n) is 2.35. The highest BCUT2D eigenvalue weighted by molar-refractivity contribution is 5.47. The molecule has 0 aliphatic rings. The molecule has 0 bridgehead atoms. The number of rotatable bonds is 7. The van der Waals surface area contributed by atoms with Gasteiger partial charge in [-0.2, -0.15) is 0 Å². The number of hydrogen-bond donors (Lipinski definition) is 2.